The molecule has 0 atom stereocenters. The molecule has 0 spiro atoms. The monoisotopic (exact) mass is 490 g/mol. The maximum absolute atomic E-state index is 4.72. The number of aromatic amines is 1. The molecule has 3 rings (SSSR count). The fraction of sp³-hybridized carbons (Fsp3) is 0.286. The molecule has 0 unspecified atom stereocenters. The number of nitrogens with zero attached hydrogens (tertiary/aromatic N) is 3. The molecule has 0 amide bonds. The highest BCUT2D eigenvalue weighted by atomic mass is 127. The van der Waals surface area contributed by atoms with Crippen molar-refractivity contribution >= 4 is 29.9 Å². The second-order valence-electron chi connectivity index (χ2n) is 6.51. The topological polar surface area (TPSA) is 78.0 Å². The predicted octanol–water partition coefficient (Wildman–Crippen LogP) is 3.96. The molecule has 0 fully saturated rings. The van der Waals surface area contributed by atoms with Gasteiger partial charge in [0.15, 0.2) is 11.8 Å². The lowest BCUT2D eigenvalue weighted by atomic mass is 10.1. The molecule has 0 aliphatic heterocycles. The molecule has 1 aromatic heterocycles. The van der Waals surface area contributed by atoms with Crippen molar-refractivity contribution in [3.63, 3.8) is 0 Å². The van der Waals surface area contributed by atoms with Crippen LogP contribution < -0.4 is 10.6 Å². The number of benzene rings is 2. The first-order valence-corrected chi connectivity index (χ1v) is 9.18. The minimum absolute atomic E-state index is 0. The van der Waals surface area contributed by atoms with Crippen LogP contribution in [0.25, 0.3) is 11.4 Å². The molecule has 7 heteroatoms. The van der Waals surface area contributed by atoms with Gasteiger partial charge in [-0.15, -0.1) is 24.0 Å². The first kappa shape index (κ1) is 21.9. The van der Waals surface area contributed by atoms with Crippen molar-refractivity contribution in [2.75, 3.05) is 6.54 Å². The quantitative estimate of drug-likeness (QED) is 0.278. The van der Waals surface area contributed by atoms with Gasteiger partial charge in [0.25, 0.3) is 0 Å². The van der Waals surface area contributed by atoms with E-state index in [-0.39, 0.29) is 24.0 Å². The van der Waals surface area contributed by atoms with Crippen molar-refractivity contribution in [1.82, 2.24) is 25.8 Å². The Morgan fingerprint density at radius 3 is 2.68 bits per heavy atom. The van der Waals surface area contributed by atoms with Crippen LogP contribution in [0.3, 0.4) is 0 Å². The van der Waals surface area contributed by atoms with Gasteiger partial charge in [-0.3, -0.25) is 5.10 Å². The van der Waals surface area contributed by atoms with E-state index in [9.17, 15) is 0 Å². The number of rotatable bonds is 6. The highest BCUT2D eigenvalue weighted by Crippen LogP contribution is 2.16. The fourth-order valence-electron chi connectivity index (χ4n) is 2.90. The van der Waals surface area contributed by atoms with Gasteiger partial charge >= 0.3 is 0 Å². The van der Waals surface area contributed by atoms with Gasteiger partial charge in [-0.25, -0.2) is 9.98 Å². The fourth-order valence-corrected chi connectivity index (χ4v) is 2.90. The van der Waals surface area contributed by atoms with E-state index in [0.717, 1.165) is 36.0 Å². The standard InChI is InChI=1S/C21H26N6.HI/c1-4-22-21(24-13-19-9-8-15(2)10-16(19)3)23-12-17-6-5-7-18(11-17)20-25-14-26-27-20;/h5-11,14H,4,12-13H2,1-3H3,(H2,22,23,24)(H,25,26,27);1H. The minimum atomic E-state index is 0. The predicted molar refractivity (Wildman–Crippen MR) is 125 cm³/mol. The van der Waals surface area contributed by atoms with E-state index in [2.05, 4.69) is 76.9 Å². The average molecular weight is 490 g/mol. The minimum Gasteiger partial charge on any atom is -0.357 e. The summed E-state index contributed by atoms with van der Waals surface area (Å²) in [7, 11) is 0. The number of aryl methyl sites for hydroxylation is 2. The van der Waals surface area contributed by atoms with Gasteiger partial charge < -0.3 is 10.6 Å². The van der Waals surface area contributed by atoms with Crippen molar-refractivity contribution in [3.05, 3.63) is 71.0 Å². The smallest absolute Gasteiger partial charge is 0.191 e. The highest BCUT2D eigenvalue weighted by Gasteiger charge is 2.04. The first-order valence-electron chi connectivity index (χ1n) is 9.18. The number of hydrogen-bond acceptors (Lipinski definition) is 3. The molecule has 28 heavy (non-hydrogen) atoms. The molecule has 6 nitrogen and oxygen atoms in total. The van der Waals surface area contributed by atoms with Crippen LogP contribution in [-0.2, 0) is 13.1 Å². The zero-order valence-electron chi connectivity index (χ0n) is 16.5. The molecule has 0 aliphatic carbocycles. The van der Waals surface area contributed by atoms with Gasteiger partial charge in [0.2, 0.25) is 0 Å². The molecule has 2 aromatic carbocycles. The first-order chi connectivity index (χ1) is 13.2. The lowest BCUT2D eigenvalue weighted by Crippen LogP contribution is -2.36. The van der Waals surface area contributed by atoms with E-state index >= 15 is 0 Å². The van der Waals surface area contributed by atoms with Crippen LogP contribution in [0.15, 0.2) is 53.8 Å². The molecule has 148 valence electrons. The van der Waals surface area contributed by atoms with Crippen LogP contribution in [0.4, 0.5) is 0 Å². The number of guanidine groups is 1. The summed E-state index contributed by atoms with van der Waals surface area (Å²) in [6.07, 6.45) is 1.51. The largest absolute Gasteiger partial charge is 0.357 e. The SMILES string of the molecule is CCNC(=NCc1cccc(-c2ncn[nH]2)c1)NCc1ccc(C)cc1C.I. The third-order valence-electron chi connectivity index (χ3n) is 4.32. The Kier molecular flexibility index (Phi) is 8.43. The molecule has 0 bridgehead atoms. The van der Waals surface area contributed by atoms with Crippen LogP contribution in [0.1, 0.15) is 29.2 Å². The number of aliphatic imine (C=N–C) groups is 1. The third kappa shape index (κ3) is 6.05. The Bertz CT molecular complexity index is 905. The van der Waals surface area contributed by atoms with Gasteiger partial charge in [-0.05, 0) is 43.5 Å². The highest BCUT2D eigenvalue weighted by molar-refractivity contribution is 14.0. The maximum Gasteiger partial charge on any atom is 0.191 e. The average Bonchev–Trinajstić information content (AvgIpc) is 3.20. The van der Waals surface area contributed by atoms with E-state index in [1.165, 1.54) is 23.0 Å². The van der Waals surface area contributed by atoms with E-state index in [1.807, 2.05) is 12.1 Å². The Balaban J connectivity index is 0.00000280. The van der Waals surface area contributed by atoms with E-state index < -0.39 is 0 Å². The Morgan fingerprint density at radius 2 is 1.96 bits per heavy atom. The van der Waals surface area contributed by atoms with E-state index in [4.69, 9.17) is 4.99 Å². The summed E-state index contributed by atoms with van der Waals surface area (Å²) in [5.41, 5.74) is 5.97. The summed E-state index contributed by atoms with van der Waals surface area (Å²) in [5.74, 6) is 1.57. The normalized spacial score (nSPS) is 11.0. The molecule has 0 saturated heterocycles. The molecular weight excluding hydrogens is 463 g/mol. The molecule has 3 aromatic rings. The van der Waals surface area contributed by atoms with Crippen LogP contribution in [-0.4, -0.2) is 27.7 Å². The second-order valence-corrected chi connectivity index (χ2v) is 6.51. The van der Waals surface area contributed by atoms with Gasteiger partial charge in [-0.1, -0.05) is 42.0 Å². The number of nitrogens with one attached hydrogen (secondary N) is 3. The van der Waals surface area contributed by atoms with E-state index in [0.29, 0.717) is 6.54 Å². The summed E-state index contributed by atoms with van der Waals surface area (Å²) in [6, 6.07) is 14.7. The van der Waals surface area contributed by atoms with Crippen molar-refractivity contribution in [3.8, 4) is 11.4 Å². The van der Waals surface area contributed by atoms with Gasteiger partial charge in [0.1, 0.15) is 6.33 Å². The summed E-state index contributed by atoms with van der Waals surface area (Å²) in [5, 5.41) is 13.5. The molecular formula is C21H27IN6. The maximum atomic E-state index is 4.72. The summed E-state index contributed by atoms with van der Waals surface area (Å²) in [4.78, 5) is 8.92. The van der Waals surface area contributed by atoms with Crippen molar-refractivity contribution in [2.24, 2.45) is 4.99 Å². The van der Waals surface area contributed by atoms with Gasteiger partial charge in [0.05, 0.1) is 6.54 Å². The molecule has 1 heterocycles. The Labute approximate surface area is 183 Å². The van der Waals surface area contributed by atoms with Gasteiger partial charge in [0, 0.05) is 18.7 Å². The second kappa shape index (κ2) is 10.8. The Hall–Kier alpha value is -2.42. The van der Waals surface area contributed by atoms with Crippen molar-refractivity contribution in [1.29, 1.82) is 0 Å². The van der Waals surface area contributed by atoms with Gasteiger partial charge in [-0.2, -0.15) is 5.10 Å². The van der Waals surface area contributed by atoms with Crippen LogP contribution in [0.2, 0.25) is 0 Å². The zero-order valence-corrected chi connectivity index (χ0v) is 18.8. The number of hydrogen-bond donors (Lipinski definition) is 3. The van der Waals surface area contributed by atoms with Crippen LogP contribution in [0.5, 0.6) is 0 Å². The number of aromatic nitrogens is 3. The van der Waals surface area contributed by atoms with Crippen molar-refractivity contribution < 1.29 is 0 Å². The summed E-state index contributed by atoms with van der Waals surface area (Å²) < 4.78 is 0. The molecule has 0 aliphatic rings. The summed E-state index contributed by atoms with van der Waals surface area (Å²) >= 11 is 0. The van der Waals surface area contributed by atoms with Crippen molar-refractivity contribution in [2.45, 2.75) is 33.9 Å². The third-order valence-corrected chi connectivity index (χ3v) is 4.32. The zero-order chi connectivity index (χ0) is 19.1. The Morgan fingerprint density at radius 1 is 1.11 bits per heavy atom. The lowest BCUT2D eigenvalue weighted by molar-refractivity contribution is 0.812. The number of halogens is 1. The molecule has 3 N–H and O–H groups in total. The summed E-state index contributed by atoms with van der Waals surface area (Å²) in [6.45, 7) is 8.47. The number of H-pyrrole nitrogens is 1. The molecule has 0 radical (unpaired) electrons. The van der Waals surface area contributed by atoms with Crippen LogP contribution >= 0.6 is 24.0 Å². The van der Waals surface area contributed by atoms with E-state index in [1.54, 1.807) is 0 Å². The lowest BCUT2D eigenvalue weighted by Gasteiger charge is -2.13. The molecule has 0 saturated carbocycles. The van der Waals surface area contributed by atoms with Crippen LogP contribution in [0, 0.1) is 13.8 Å².